The van der Waals surface area contributed by atoms with E-state index < -0.39 is 0 Å². The lowest BCUT2D eigenvalue weighted by Crippen LogP contribution is -2.17. The Bertz CT molecular complexity index is 608. The Kier molecular flexibility index (Phi) is 5.06. The summed E-state index contributed by atoms with van der Waals surface area (Å²) in [5.74, 6) is -0.140. The molecule has 4 nitrogen and oxygen atoms in total. The zero-order chi connectivity index (χ0) is 15.2. The molecule has 110 valence electrons. The van der Waals surface area contributed by atoms with Crippen LogP contribution in [0.5, 0.6) is 0 Å². The second-order valence-corrected chi connectivity index (χ2v) is 5.11. The third-order valence-electron chi connectivity index (χ3n) is 3.32. The van der Waals surface area contributed by atoms with Gasteiger partial charge in [-0.15, -0.1) is 0 Å². The van der Waals surface area contributed by atoms with Crippen molar-refractivity contribution in [2.45, 2.75) is 26.8 Å². The van der Waals surface area contributed by atoms with E-state index in [0.29, 0.717) is 11.6 Å². The molecule has 1 unspecified atom stereocenters. The lowest BCUT2D eigenvalue weighted by molar-refractivity contribution is 0.102. The van der Waals surface area contributed by atoms with Crippen LogP contribution in [0.15, 0.2) is 42.7 Å². The molecular weight excluding hydrogens is 262 g/mol. The number of hydrogen-bond acceptors (Lipinski definition) is 3. The van der Waals surface area contributed by atoms with E-state index in [1.54, 1.807) is 12.4 Å². The summed E-state index contributed by atoms with van der Waals surface area (Å²) in [5.41, 5.74) is 3.53. The Hall–Kier alpha value is -2.20. The Morgan fingerprint density at radius 1 is 1.24 bits per heavy atom. The van der Waals surface area contributed by atoms with Gasteiger partial charge >= 0.3 is 0 Å². The molecule has 1 heterocycles. The van der Waals surface area contributed by atoms with E-state index in [-0.39, 0.29) is 5.91 Å². The molecule has 0 fully saturated rings. The van der Waals surface area contributed by atoms with Crippen LogP contribution >= 0.6 is 0 Å². The van der Waals surface area contributed by atoms with Gasteiger partial charge < -0.3 is 10.6 Å². The summed E-state index contributed by atoms with van der Waals surface area (Å²) in [6.07, 6.45) is 3.30. The van der Waals surface area contributed by atoms with Crippen molar-refractivity contribution in [3.63, 3.8) is 0 Å². The Labute approximate surface area is 125 Å². The summed E-state index contributed by atoms with van der Waals surface area (Å²) in [4.78, 5) is 16.2. The van der Waals surface area contributed by atoms with E-state index in [4.69, 9.17) is 0 Å². The topological polar surface area (TPSA) is 54.0 Å². The third kappa shape index (κ3) is 4.13. The number of benzene rings is 1. The molecule has 21 heavy (non-hydrogen) atoms. The molecule has 0 aliphatic rings. The largest absolute Gasteiger partial charge is 0.322 e. The van der Waals surface area contributed by atoms with Crippen molar-refractivity contribution < 1.29 is 4.79 Å². The van der Waals surface area contributed by atoms with Crippen molar-refractivity contribution in [3.8, 4) is 0 Å². The van der Waals surface area contributed by atoms with Crippen LogP contribution in [0.2, 0.25) is 0 Å². The molecule has 2 aromatic rings. The number of carbonyl (C=O) groups excluding carboxylic acids is 1. The van der Waals surface area contributed by atoms with Crippen molar-refractivity contribution in [1.29, 1.82) is 0 Å². The number of carbonyl (C=O) groups is 1. The number of pyridine rings is 1. The fourth-order valence-corrected chi connectivity index (χ4v) is 2.16. The molecule has 0 radical (unpaired) electrons. The van der Waals surface area contributed by atoms with Gasteiger partial charge in [0.1, 0.15) is 0 Å². The average Bonchev–Trinajstić information content (AvgIpc) is 2.48. The molecule has 2 N–H and O–H groups in total. The minimum atomic E-state index is -0.140. The van der Waals surface area contributed by atoms with E-state index in [0.717, 1.165) is 17.8 Å². The summed E-state index contributed by atoms with van der Waals surface area (Å²) in [7, 11) is 0. The number of nitrogens with one attached hydrogen (secondary N) is 2. The van der Waals surface area contributed by atoms with Gasteiger partial charge in [0.15, 0.2) is 0 Å². The van der Waals surface area contributed by atoms with Gasteiger partial charge in [-0.1, -0.05) is 19.1 Å². The molecule has 1 aromatic carbocycles. The minimum absolute atomic E-state index is 0.140. The highest BCUT2D eigenvalue weighted by atomic mass is 16.1. The maximum Gasteiger partial charge on any atom is 0.257 e. The van der Waals surface area contributed by atoms with Crippen LogP contribution in [0.1, 0.15) is 41.4 Å². The first-order chi connectivity index (χ1) is 10.1. The summed E-state index contributed by atoms with van der Waals surface area (Å²) < 4.78 is 0. The van der Waals surface area contributed by atoms with Crippen molar-refractivity contribution in [3.05, 3.63) is 59.4 Å². The number of amides is 1. The fourth-order valence-electron chi connectivity index (χ4n) is 2.16. The summed E-state index contributed by atoms with van der Waals surface area (Å²) in [6.45, 7) is 7.05. The molecule has 0 saturated heterocycles. The lowest BCUT2D eigenvalue weighted by atomic mass is 10.1. The van der Waals surface area contributed by atoms with Crippen LogP contribution in [0.25, 0.3) is 0 Å². The standard InChI is InChI=1S/C17H21N3O/c1-4-19-13(3)14-5-7-16(8-6-14)20-17(21)15-9-12(2)10-18-11-15/h5-11,13,19H,4H2,1-3H3,(H,20,21). The zero-order valence-corrected chi connectivity index (χ0v) is 12.7. The van der Waals surface area contributed by atoms with Crippen molar-refractivity contribution in [2.24, 2.45) is 0 Å². The van der Waals surface area contributed by atoms with Gasteiger partial charge in [0.2, 0.25) is 0 Å². The highest BCUT2D eigenvalue weighted by Crippen LogP contribution is 2.16. The van der Waals surface area contributed by atoms with Gasteiger partial charge in [-0.2, -0.15) is 0 Å². The minimum Gasteiger partial charge on any atom is -0.322 e. The maximum atomic E-state index is 12.1. The third-order valence-corrected chi connectivity index (χ3v) is 3.32. The van der Waals surface area contributed by atoms with Crippen LogP contribution in [-0.2, 0) is 0 Å². The second-order valence-electron chi connectivity index (χ2n) is 5.11. The Morgan fingerprint density at radius 2 is 1.95 bits per heavy atom. The lowest BCUT2D eigenvalue weighted by Gasteiger charge is -2.13. The monoisotopic (exact) mass is 283 g/mol. The van der Waals surface area contributed by atoms with E-state index >= 15 is 0 Å². The van der Waals surface area contributed by atoms with Crippen LogP contribution in [0.4, 0.5) is 5.69 Å². The number of hydrogen-bond donors (Lipinski definition) is 2. The van der Waals surface area contributed by atoms with Crippen LogP contribution in [0, 0.1) is 6.92 Å². The van der Waals surface area contributed by atoms with Gasteiger partial charge in [-0.25, -0.2) is 0 Å². The molecule has 1 amide bonds. The number of anilines is 1. The van der Waals surface area contributed by atoms with Gasteiger partial charge in [0.05, 0.1) is 5.56 Å². The molecular formula is C17H21N3O. The van der Waals surface area contributed by atoms with Gasteiger partial charge in [-0.3, -0.25) is 9.78 Å². The first-order valence-corrected chi connectivity index (χ1v) is 7.16. The van der Waals surface area contributed by atoms with E-state index in [2.05, 4.69) is 29.5 Å². The first-order valence-electron chi connectivity index (χ1n) is 7.16. The second kappa shape index (κ2) is 6.99. The number of rotatable bonds is 5. The first kappa shape index (κ1) is 15.2. The average molecular weight is 283 g/mol. The van der Waals surface area contributed by atoms with E-state index in [9.17, 15) is 4.79 Å². The quantitative estimate of drug-likeness (QED) is 0.885. The molecule has 1 aromatic heterocycles. The number of aryl methyl sites for hydroxylation is 1. The summed E-state index contributed by atoms with van der Waals surface area (Å²) >= 11 is 0. The molecule has 2 rings (SSSR count). The number of aromatic nitrogens is 1. The molecule has 0 aliphatic carbocycles. The molecule has 4 heteroatoms. The predicted molar refractivity (Wildman–Crippen MR) is 85.5 cm³/mol. The zero-order valence-electron chi connectivity index (χ0n) is 12.7. The van der Waals surface area contributed by atoms with Crippen molar-refractivity contribution in [1.82, 2.24) is 10.3 Å². The van der Waals surface area contributed by atoms with Crippen molar-refractivity contribution >= 4 is 11.6 Å². The maximum absolute atomic E-state index is 12.1. The van der Waals surface area contributed by atoms with Crippen LogP contribution < -0.4 is 10.6 Å². The van der Waals surface area contributed by atoms with Gasteiger partial charge in [0, 0.05) is 24.1 Å². The Morgan fingerprint density at radius 3 is 2.57 bits per heavy atom. The SMILES string of the molecule is CCNC(C)c1ccc(NC(=O)c2cncc(C)c2)cc1. The molecule has 0 spiro atoms. The molecule has 0 bridgehead atoms. The van der Waals surface area contributed by atoms with Crippen molar-refractivity contribution in [2.75, 3.05) is 11.9 Å². The van der Waals surface area contributed by atoms with Gasteiger partial charge in [-0.05, 0) is 49.7 Å². The normalized spacial score (nSPS) is 12.0. The fraction of sp³-hybridized carbons (Fsp3) is 0.294. The number of nitrogens with zero attached hydrogens (tertiary/aromatic N) is 1. The molecule has 1 atom stereocenters. The van der Waals surface area contributed by atoms with Gasteiger partial charge in [0.25, 0.3) is 5.91 Å². The molecule has 0 aliphatic heterocycles. The van der Waals surface area contributed by atoms with Crippen LogP contribution in [-0.4, -0.2) is 17.4 Å². The summed E-state index contributed by atoms with van der Waals surface area (Å²) in [6, 6.07) is 10.0. The van der Waals surface area contributed by atoms with E-state index in [1.807, 2.05) is 37.3 Å². The highest BCUT2D eigenvalue weighted by molar-refractivity contribution is 6.04. The smallest absolute Gasteiger partial charge is 0.257 e. The predicted octanol–water partition coefficient (Wildman–Crippen LogP) is 3.31. The molecule has 0 saturated carbocycles. The highest BCUT2D eigenvalue weighted by Gasteiger charge is 2.08. The van der Waals surface area contributed by atoms with E-state index in [1.165, 1.54) is 5.56 Å². The van der Waals surface area contributed by atoms with Crippen LogP contribution in [0.3, 0.4) is 0 Å². The summed E-state index contributed by atoms with van der Waals surface area (Å²) in [5, 5.41) is 6.24. The Balaban J connectivity index is 2.05.